The maximum Gasteiger partial charge on any atom is 0.250 e. The van der Waals surface area contributed by atoms with Gasteiger partial charge in [0.2, 0.25) is 10.0 Å². The molecule has 0 saturated heterocycles. The quantitative estimate of drug-likeness (QED) is 0.943. The zero-order chi connectivity index (χ0) is 14.2. The van der Waals surface area contributed by atoms with E-state index in [0.29, 0.717) is 10.8 Å². The third-order valence-corrected chi connectivity index (χ3v) is 6.21. The summed E-state index contributed by atoms with van der Waals surface area (Å²) in [6.07, 6.45) is 0. The first kappa shape index (κ1) is 14.3. The molecule has 0 bridgehead atoms. The number of sulfonamides is 1. The summed E-state index contributed by atoms with van der Waals surface area (Å²) in [7, 11) is -1.42. The van der Waals surface area contributed by atoms with Crippen LogP contribution in [0.1, 0.15) is 21.8 Å². The normalized spacial score (nSPS) is 12.0. The van der Waals surface area contributed by atoms with Gasteiger partial charge in [0.15, 0.2) is 0 Å². The molecule has 0 fully saturated rings. The maximum absolute atomic E-state index is 12.1. The van der Waals surface area contributed by atoms with Gasteiger partial charge in [-0.05, 0) is 44.5 Å². The van der Waals surface area contributed by atoms with E-state index in [2.05, 4.69) is 9.29 Å². The van der Waals surface area contributed by atoms with Gasteiger partial charge < -0.3 is 4.57 Å². The van der Waals surface area contributed by atoms with Gasteiger partial charge in [-0.15, -0.1) is 11.3 Å². The third kappa shape index (κ3) is 2.91. The Kier molecular flexibility index (Phi) is 3.85. The standard InChI is InChI=1S/C13H18N2O2S2/c1-9-7-12(11(3)15(9)4)8-14-19(16,17)13-6-5-10(2)18-13/h5-7,14H,8H2,1-4H3. The Hall–Kier alpha value is -1.11. The maximum atomic E-state index is 12.1. The molecule has 0 unspecified atom stereocenters. The van der Waals surface area contributed by atoms with E-state index in [1.165, 1.54) is 11.3 Å². The van der Waals surface area contributed by atoms with Crippen molar-refractivity contribution >= 4 is 21.4 Å². The van der Waals surface area contributed by atoms with Crippen LogP contribution >= 0.6 is 11.3 Å². The first-order chi connectivity index (χ1) is 8.81. The predicted octanol–water partition coefficient (Wildman–Crippen LogP) is 2.49. The van der Waals surface area contributed by atoms with Crippen molar-refractivity contribution in [3.05, 3.63) is 40.0 Å². The van der Waals surface area contributed by atoms with Crippen molar-refractivity contribution in [1.82, 2.24) is 9.29 Å². The summed E-state index contributed by atoms with van der Waals surface area (Å²) < 4.78 is 29.3. The number of hydrogen-bond acceptors (Lipinski definition) is 3. The van der Waals surface area contributed by atoms with Crippen LogP contribution in [-0.2, 0) is 23.6 Å². The van der Waals surface area contributed by atoms with Gasteiger partial charge in [-0.1, -0.05) is 0 Å². The number of hydrogen-bond donors (Lipinski definition) is 1. The molecule has 0 radical (unpaired) electrons. The Morgan fingerprint density at radius 1 is 1.26 bits per heavy atom. The second-order valence-electron chi connectivity index (χ2n) is 4.65. The molecule has 1 N–H and O–H groups in total. The fraction of sp³-hybridized carbons (Fsp3) is 0.385. The van der Waals surface area contributed by atoms with E-state index in [0.717, 1.165) is 21.8 Å². The van der Waals surface area contributed by atoms with Crippen LogP contribution in [0.5, 0.6) is 0 Å². The van der Waals surface area contributed by atoms with Crippen LogP contribution in [0.3, 0.4) is 0 Å². The molecule has 0 saturated carbocycles. The van der Waals surface area contributed by atoms with Crippen LogP contribution in [-0.4, -0.2) is 13.0 Å². The van der Waals surface area contributed by atoms with Gasteiger partial charge in [0.05, 0.1) is 0 Å². The largest absolute Gasteiger partial charge is 0.352 e. The van der Waals surface area contributed by atoms with Crippen LogP contribution in [0.2, 0.25) is 0 Å². The summed E-state index contributed by atoms with van der Waals surface area (Å²) in [5.74, 6) is 0. The van der Waals surface area contributed by atoms with E-state index in [9.17, 15) is 8.42 Å². The second-order valence-corrected chi connectivity index (χ2v) is 7.93. The lowest BCUT2D eigenvalue weighted by Gasteiger charge is -2.05. The van der Waals surface area contributed by atoms with Crippen molar-refractivity contribution in [2.45, 2.75) is 31.5 Å². The molecular weight excluding hydrogens is 280 g/mol. The van der Waals surface area contributed by atoms with Crippen LogP contribution in [0, 0.1) is 20.8 Å². The van der Waals surface area contributed by atoms with Gasteiger partial charge in [-0.2, -0.15) is 0 Å². The average molecular weight is 298 g/mol. The van der Waals surface area contributed by atoms with Crippen molar-refractivity contribution in [3.8, 4) is 0 Å². The molecule has 0 aliphatic carbocycles. The number of aryl methyl sites for hydroxylation is 2. The van der Waals surface area contributed by atoms with Crippen molar-refractivity contribution in [2.75, 3.05) is 0 Å². The summed E-state index contributed by atoms with van der Waals surface area (Å²) in [5, 5.41) is 0. The second kappa shape index (κ2) is 5.11. The molecule has 2 aromatic rings. The van der Waals surface area contributed by atoms with Crippen LogP contribution in [0.15, 0.2) is 22.4 Å². The van der Waals surface area contributed by atoms with Gasteiger partial charge in [0, 0.05) is 29.9 Å². The topological polar surface area (TPSA) is 51.1 Å². The Balaban J connectivity index is 2.16. The highest BCUT2D eigenvalue weighted by Crippen LogP contribution is 2.21. The van der Waals surface area contributed by atoms with E-state index >= 15 is 0 Å². The summed E-state index contributed by atoms with van der Waals surface area (Å²) >= 11 is 1.29. The summed E-state index contributed by atoms with van der Waals surface area (Å²) in [4.78, 5) is 0.993. The number of rotatable bonds is 4. The number of nitrogens with one attached hydrogen (secondary N) is 1. The molecule has 0 amide bonds. The van der Waals surface area contributed by atoms with E-state index in [1.54, 1.807) is 6.07 Å². The summed E-state index contributed by atoms with van der Waals surface area (Å²) in [6.45, 7) is 6.22. The minimum absolute atomic E-state index is 0.326. The molecule has 2 heterocycles. The van der Waals surface area contributed by atoms with Gasteiger partial charge in [0.1, 0.15) is 4.21 Å². The fourth-order valence-corrected chi connectivity index (χ4v) is 4.25. The molecular formula is C13H18N2O2S2. The molecule has 0 aliphatic heterocycles. The highest BCUT2D eigenvalue weighted by atomic mass is 32.2. The van der Waals surface area contributed by atoms with Crippen LogP contribution in [0.4, 0.5) is 0 Å². The van der Waals surface area contributed by atoms with E-state index in [1.807, 2.05) is 40.0 Å². The van der Waals surface area contributed by atoms with E-state index < -0.39 is 10.0 Å². The molecule has 0 aromatic carbocycles. The summed E-state index contributed by atoms with van der Waals surface area (Å²) in [5.41, 5.74) is 3.22. The minimum atomic E-state index is -3.40. The smallest absolute Gasteiger partial charge is 0.250 e. The zero-order valence-electron chi connectivity index (χ0n) is 11.5. The lowest BCUT2D eigenvalue weighted by atomic mass is 10.2. The Morgan fingerprint density at radius 2 is 1.95 bits per heavy atom. The molecule has 104 valence electrons. The van der Waals surface area contributed by atoms with Gasteiger partial charge in [-0.3, -0.25) is 0 Å². The first-order valence-electron chi connectivity index (χ1n) is 5.99. The number of aromatic nitrogens is 1. The lowest BCUT2D eigenvalue weighted by molar-refractivity contribution is 0.583. The number of thiophene rings is 1. The minimum Gasteiger partial charge on any atom is -0.352 e. The molecule has 0 atom stereocenters. The van der Waals surface area contributed by atoms with Crippen molar-refractivity contribution in [2.24, 2.45) is 7.05 Å². The Labute approximate surface area is 118 Å². The van der Waals surface area contributed by atoms with E-state index in [-0.39, 0.29) is 0 Å². The lowest BCUT2D eigenvalue weighted by Crippen LogP contribution is -2.22. The number of nitrogens with zero attached hydrogens (tertiary/aromatic N) is 1. The predicted molar refractivity (Wildman–Crippen MR) is 78.0 cm³/mol. The van der Waals surface area contributed by atoms with Gasteiger partial charge in [0.25, 0.3) is 0 Å². The SMILES string of the molecule is Cc1ccc(S(=O)(=O)NCc2cc(C)n(C)c2C)s1. The Morgan fingerprint density at radius 3 is 2.42 bits per heavy atom. The fourth-order valence-electron chi connectivity index (χ4n) is 1.91. The van der Waals surface area contributed by atoms with Crippen molar-refractivity contribution in [3.63, 3.8) is 0 Å². The first-order valence-corrected chi connectivity index (χ1v) is 8.29. The Bertz CT molecular complexity index is 696. The summed E-state index contributed by atoms with van der Waals surface area (Å²) in [6, 6.07) is 5.47. The molecule has 0 spiro atoms. The molecule has 2 aromatic heterocycles. The van der Waals surface area contributed by atoms with E-state index in [4.69, 9.17) is 0 Å². The van der Waals surface area contributed by atoms with Crippen LogP contribution < -0.4 is 4.72 Å². The van der Waals surface area contributed by atoms with Gasteiger partial charge >= 0.3 is 0 Å². The van der Waals surface area contributed by atoms with Crippen LogP contribution in [0.25, 0.3) is 0 Å². The van der Waals surface area contributed by atoms with Crippen molar-refractivity contribution < 1.29 is 8.42 Å². The monoisotopic (exact) mass is 298 g/mol. The molecule has 6 heteroatoms. The molecule has 2 rings (SSSR count). The molecule has 4 nitrogen and oxygen atoms in total. The van der Waals surface area contributed by atoms with Gasteiger partial charge in [-0.25, -0.2) is 13.1 Å². The third-order valence-electron chi connectivity index (χ3n) is 3.31. The average Bonchev–Trinajstić information content (AvgIpc) is 2.88. The zero-order valence-corrected chi connectivity index (χ0v) is 13.2. The molecule has 19 heavy (non-hydrogen) atoms. The van der Waals surface area contributed by atoms with Crippen molar-refractivity contribution in [1.29, 1.82) is 0 Å². The highest BCUT2D eigenvalue weighted by Gasteiger charge is 2.17. The molecule has 0 aliphatic rings. The highest BCUT2D eigenvalue weighted by molar-refractivity contribution is 7.91.